The molecule has 0 saturated carbocycles. The summed E-state index contributed by atoms with van der Waals surface area (Å²) in [4.78, 5) is 2.56. The Morgan fingerprint density at radius 3 is 1.61 bits per heavy atom. The summed E-state index contributed by atoms with van der Waals surface area (Å²) in [7, 11) is 0. The van der Waals surface area contributed by atoms with Gasteiger partial charge in [0.2, 0.25) is 5.69 Å². The maximum absolute atomic E-state index is 5.69. The monoisotopic (exact) mass is 918 g/mol. The molecule has 1 unspecified atom stereocenters. The number of fused-ring (bicyclic) bond motifs is 16. The standard InChI is InChI=1S/C69H48N3/c1-68(2)56-31-16-12-27-50(56)53-40-39-49(43-61(53)68)71(62-36-20-35-60-65(62)54-30-15-19-34-59(54)69(60)57-32-17-13-28-51(57)52-29-14-18-33-58(52)69)48-38-37-47-41-63(44-21-6-3-7-22-44)72-67(55(47)42-48)64(45-23-8-4-9-24-45)66(70-72)46-25-10-5-11-26-46/h3-43,66H,1-2H3/q+1. The van der Waals surface area contributed by atoms with Gasteiger partial charge in [-0.1, -0.05) is 214 Å². The molecule has 0 bridgehead atoms. The zero-order chi connectivity index (χ0) is 47.7. The maximum Gasteiger partial charge on any atom is 0.252 e. The third kappa shape index (κ3) is 5.56. The Morgan fingerprint density at radius 1 is 0.417 bits per heavy atom. The minimum Gasteiger partial charge on any atom is -0.310 e. The SMILES string of the molecule is CC1(C)c2ccccc2-c2ccc(N(c3ccc4cc(-c5ccccc5)[n+]5c(c4c3)=C(c3ccccc3)C(c3ccccc3)N=5)c3cccc4c3-c3ccccc3C43c4ccccc4-c4ccccc43)cc21. The molecular formula is C69H48N3+. The Hall–Kier alpha value is -8.92. The summed E-state index contributed by atoms with van der Waals surface area (Å²) < 4.78 is 2.25. The predicted octanol–water partition coefficient (Wildman–Crippen LogP) is 15.9. The van der Waals surface area contributed by atoms with E-state index in [2.05, 4.69) is 272 Å². The van der Waals surface area contributed by atoms with Crippen LogP contribution in [0.1, 0.15) is 64.4 Å². The zero-order valence-corrected chi connectivity index (χ0v) is 40.1. The van der Waals surface area contributed by atoms with Gasteiger partial charge >= 0.3 is 0 Å². The maximum atomic E-state index is 5.69. The fourth-order valence-electron chi connectivity index (χ4n) is 13.3. The van der Waals surface area contributed by atoms with Crippen LogP contribution < -0.4 is 14.6 Å². The van der Waals surface area contributed by atoms with E-state index in [1.807, 2.05) is 0 Å². The van der Waals surface area contributed by atoms with Gasteiger partial charge in [-0.15, -0.1) is 0 Å². The summed E-state index contributed by atoms with van der Waals surface area (Å²) in [6.45, 7) is 4.77. The predicted molar refractivity (Wildman–Crippen MR) is 294 cm³/mol. The van der Waals surface area contributed by atoms with Crippen LogP contribution in [0.25, 0.3) is 61.0 Å². The van der Waals surface area contributed by atoms with Crippen molar-refractivity contribution in [2.24, 2.45) is 5.11 Å². The van der Waals surface area contributed by atoms with Crippen LogP contribution in [-0.2, 0) is 10.8 Å². The van der Waals surface area contributed by atoms with Crippen LogP contribution in [0.5, 0.6) is 0 Å². The van der Waals surface area contributed by atoms with Gasteiger partial charge in [0, 0.05) is 34.0 Å². The molecule has 72 heavy (non-hydrogen) atoms. The molecule has 0 radical (unpaired) electrons. The molecule has 0 fully saturated rings. The van der Waals surface area contributed by atoms with Crippen LogP contribution in [0.2, 0.25) is 0 Å². The molecule has 1 aliphatic heterocycles. The number of aromatic nitrogens is 1. The smallest absolute Gasteiger partial charge is 0.252 e. The Balaban J connectivity index is 1.05. The van der Waals surface area contributed by atoms with Crippen molar-refractivity contribution in [3.63, 3.8) is 0 Å². The largest absolute Gasteiger partial charge is 0.310 e. The van der Waals surface area contributed by atoms with Crippen LogP contribution in [0.15, 0.2) is 254 Å². The van der Waals surface area contributed by atoms with Gasteiger partial charge in [0.25, 0.3) is 5.35 Å². The fraction of sp³-hybridized carbons (Fsp3) is 0.0725. The third-order valence-electron chi connectivity index (χ3n) is 16.4. The molecule has 4 aliphatic rings. The Morgan fingerprint density at radius 2 is 0.931 bits per heavy atom. The average Bonchev–Trinajstić information content (AvgIpc) is 4.15. The summed E-state index contributed by atoms with van der Waals surface area (Å²) in [5, 5.41) is 9.11. The summed E-state index contributed by atoms with van der Waals surface area (Å²) in [5.74, 6) is 0. The fourth-order valence-corrected chi connectivity index (χ4v) is 13.3. The topological polar surface area (TPSA) is 21.5 Å². The molecule has 338 valence electrons. The molecule has 0 amide bonds. The highest BCUT2D eigenvalue weighted by Gasteiger charge is 2.52. The van der Waals surface area contributed by atoms with E-state index in [9.17, 15) is 0 Å². The molecular weight excluding hydrogens is 871 g/mol. The summed E-state index contributed by atoms with van der Waals surface area (Å²) in [6.07, 6.45) is 0. The minimum absolute atomic E-state index is 0.192. The average molecular weight is 919 g/mol. The highest BCUT2D eigenvalue weighted by atomic mass is 15.2. The summed E-state index contributed by atoms with van der Waals surface area (Å²) in [6, 6.07) is 92.3. The molecule has 1 spiro atoms. The highest BCUT2D eigenvalue weighted by molar-refractivity contribution is 6.02. The van der Waals surface area contributed by atoms with Crippen molar-refractivity contribution >= 4 is 33.4 Å². The van der Waals surface area contributed by atoms with E-state index in [1.54, 1.807) is 0 Å². The molecule has 10 aromatic carbocycles. The molecule has 0 saturated heterocycles. The van der Waals surface area contributed by atoms with Gasteiger partial charge in [0.1, 0.15) is 0 Å². The first-order chi connectivity index (χ1) is 35.5. The molecule has 11 aromatic rings. The van der Waals surface area contributed by atoms with E-state index in [4.69, 9.17) is 5.11 Å². The Bertz CT molecular complexity index is 4150. The molecule has 15 rings (SSSR count). The number of benzene rings is 10. The number of hydrogen-bond acceptors (Lipinski definition) is 2. The number of nitrogens with zero attached hydrogens (tertiary/aromatic N) is 3. The third-order valence-corrected chi connectivity index (χ3v) is 16.4. The Labute approximate surface area is 419 Å². The number of anilines is 3. The van der Waals surface area contributed by atoms with Gasteiger partial charge < -0.3 is 4.90 Å². The molecule has 2 heterocycles. The second-order valence-electron chi connectivity index (χ2n) is 20.4. The summed E-state index contributed by atoms with van der Waals surface area (Å²) >= 11 is 0. The van der Waals surface area contributed by atoms with E-state index < -0.39 is 5.41 Å². The van der Waals surface area contributed by atoms with Crippen molar-refractivity contribution in [1.82, 2.24) is 0 Å². The molecule has 3 aliphatic carbocycles. The minimum atomic E-state index is -0.482. The normalized spacial score (nSPS) is 15.5. The van der Waals surface area contributed by atoms with Crippen molar-refractivity contribution in [2.75, 3.05) is 4.90 Å². The van der Waals surface area contributed by atoms with Crippen molar-refractivity contribution in [2.45, 2.75) is 30.7 Å². The lowest BCUT2D eigenvalue weighted by Crippen LogP contribution is -2.38. The Kier molecular flexibility index (Phi) is 8.69. The van der Waals surface area contributed by atoms with E-state index >= 15 is 0 Å². The van der Waals surface area contributed by atoms with Crippen LogP contribution in [0.3, 0.4) is 0 Å². The molecule has 0 N–H and O–H groups in total. The van der Waals surface area contributed by atoms with Crippen molar-refractivity contribution in [3.05, 3.63) is 299 Å². The zero-order valence-electron chi connectivity index (χ0n) is 40.1. The van der Waals surface area contributed by atoms with Gasteiger partial charge in [-0.3, -0.25) is 0 Å². The van der Waals surface area contributed by atoms with E-state index in [1.165, 1.54) is 72.3 Å². The van der Waals surface area contributed by atoms with E-state index in [0.29, 0.717) is 0 Å². The second-order valence-corrected chi connectivity index (χ2v) is 20.4. The van der Waals surface area contributed by atoms with Gasteiger partial charge in [0.05, 0.1) is 22.1 Å². The lowest BCUT2D eigenvalue weighted by atomic mass is 9.70. The first-order valence-corrected chi connectivity index (χ1v) is 25.2. The number of pyridine rings is 1. The second kappa shape index (κ2) is 15.3. The molecule has 3 heteroatoms. The first-order valence-electron chi connectivity index (χ1n) is 25.2. The van der Waals surface area contributed by atoms with E-state index in [0.717, 1.165) is 55.6 Å². The van der Waals surface area contributed by atoms with Crippen molar-refractivity contribution < 1.29 is 4.36 Å². The lowest BCUT2D eigenvalue weighted by Gasteiger charge is -2.32. The molecule has 1 atom stereocenters. The summed E-state index contributed by atoms with van der Waals surface area (Å²) in [5.41, 5.74) is 24.2. The van der Waals surface area contributed by atoms with Crippen molar-refractivity contribution in [3.8, 4) is 44.6 Å². The molecule has 1 aromatic heterocycles. The lowest BCUT2D eigenvalue weighted by molar-refractivity contribution is -0.546. The quantitative estimate of drug-likeness (QED) is 0.152. The highest BCUT2D eigenvalue weighted by Crippen LogP contribution is 2.65. The van der Waals surface area contributed by atoms with Crippen LogP contribution >= 0.6 is 0 Å². The number of hydrogen-bond donors (Lipinski definition) is 0. The van der Waals surface area contributed by atoms with E-state index in [-0.39, 0.29) is 11.5 Å². The van der Waals surface area contributed by atoms with Gasteiger partial charge in [-0.2, -0.15) is 0 Å². The van der Waals surface area contributed by atoms with Crippen molar-refractivity contribution in [1.29, 1.82) is 0 Å². The van der Waals surface area contributed by atoms with Gasteiger partial charge in [-0.05, 0) is 130 Å². The number of rotatable bonds is 6. The first kappa shape index (κ1) is 40.9. The van der Waals surface area contributed by atoms with Gasteiger partial charge in [-0.25, -0.2) is 0 Å². The van der Waals surface area contributed by atoms with Crippen LogP contribution in [-0.4, -0.2) is 0 Å². The van der Waals surface area contributed by atoms with Crippen LogP contribution in [0.4, 0.5) is 17.1 Å². The van der Waals surface area contributed by atoms with Gasteiger partial charge in [0.15, 0.2) is 6.04 Å². The molecule has 3 nitrogen and oxygen atoms in total. The van der Waals surface area contributed by atoms with Crippen LogP contribution in [0, 0.1) is 0 Å².